The standard InChI is InChI=1S/C11H15NO3/c1-3-7-5-8(9(4-2)12-15)11(14)6-10(7)13/h5-6,13-15H,3-4H2,1-2H3. The molecule has 1 aromatic carbocycles. The van der Waals surface area contributed by atoms with Crippen LogP contribution < -0.4 is 0 Å². The molecule has 0 bridgehead atoms. The summed E-state index contributed by atoms with van der Waals surface area (Å²) < 4.78 is 0. The van der Waals surface area contributed by atoms with Crippen molar-refractivity contribution >= 4 is 5.71 Å². The molecule has 1 rings (SSSR count). The van der Waals surface area contributed by atoms with Crippen LogP contribution in [0.25, 0.3) is 0 Å². The Kier molecular flexibility index (Phi) is 3.55. The van der Waals surface area contributed by atoms with Gasteiger partial charge in [0.15, 0.2) is 0 Å². The van der Waals surface area contributed by atoms with Crippen LogP contribution >= 0.6 is 0 Å². The Morgan fingerprint density at radius 1 is 1.20 bits per heavy atom. The lowest BCUT2D eigenvalue weighted by Gasteiger charge is -2.08. The van der Waals surface area contributed by atoms with Crippen molar-refractivity contribution in [2.45, 2.75) is 26.7 Å². The highest BCUT2D eigenvalue weighted by molar-refractivity contribution is 6.02. The van der Waals surface area contributed by atoms with E-state index in [0.29, 0.717) is 24.1 Å². The van der Waals surface area contributed by atoms with E-state index >= 15 is 0 Å². The lowest BCUT2D eigenvalue weighted by molar-refractivity contribution is 0.318. The second-order valence-electron chi connectivity index (χ2n) is 3.25. The zero-order valence-electron chi connectivity index (χ0n) is 8.86. The monoisotopic (exact) mass is 209 g/mol. The van der Waals surface area contributed by atoms with Gasteiger partial charge in [0, 0.05) is 11.6 Å². The van der Waals surface area contributed by atoms with Crippen molar-refractivity contribution in [3.8, 4) is 11.5 Å². The summed E-state index contributed by atoms with van der Waals surface area (Å²) in [5, 5.41) is 30.9. The Balaban J connectivity index is 3.30. The first-order valence-electron chi connectivity index (χ1n) is 4.90. The fraction of sp³-hybridized carbons (Fsp3) is 0.364. The van der Waals surface area contributed by atoms with Crippen LogP contribution in [-0.4, -0.2) is 21.1 Å². The SMILES string of the molecule is CCC(=NO)c1cc(CC)c(O)cc1O. The quantitative estimate of drug-likeness (QED) is 0.406. The number of aryl methyl sites for hydroxylation is 1. The lowest BCUT2D eigenvalue weighted by Crippen LogP contribution is -2.00. The number of hydrogen-bond acceptors (Lipinski definition) is 4. The molecule has 0 aliphatic heterocycles. The smallest absolute Gasteiger partial charge is 0.128 e. The highest BCUT2D eigenvalue weighted by Gasteiger charge is 2.11. The predicted molar refractivity (Wildman–Crippen MR) is 57.8 cm³/mol. The van der Waals surface area contributed by atoms with Gasteiger partial charge >= 0.3 is 0 Å². The molecule has 4 heteroatoms. The summed E-state index contributed by atoms with van der Waals surface area (Å²) in [6, 6.07) is 2.91. The molecule has 0 atom stereocenters. The summed E-state index contributed by atoms with van der Waals surface area (Å²) in [6.45, 7) is 3.73. The van der Waals surface area contributed by atoms with Gasteiger partial charge in [0.1, 0.15) is 11.5 Å². The second kappa shape index (κ2) is 4.68. The minimum absolute atomic E-state index is 0.0622. The molecule has 3 N–H and O–H groups in total. The number of phenols is 2. The summed E-state index contributed by atoms with van der Waals surface area (Å²) in [7, 11) is 0. The van der Waals surface area contributed by atoms with E-state index < -0.39 is 0 Å². The van der Waals surface area contributed by atoms with E-state index in [-0.39, 0.29) is 11.5 Å². The molecule has 1 aromatic rings. The van der Waals surface area contributed by atoms with Gasteiger partial charge in [-0.15, -0.1) is 0 Å². The molecule has 0 amide bonds. The van der Waals surface area contributed by atoms with Crippen molar-refractivity contribution in [3.63, 3.8) is 0 Å². The summed E-state index contributed by atoms with van der Waals surface area (Å²) >= 11 is 0. The maximum atomic E-state index is 9.59. The van der Waals surface area contributed by atoms with E-state index in [1.807, 2.05) is 13.8 Å². The number of aromatic hydroxyl groups is 2. The van der Waals surface area contributed by atoms with Crippen LogP contribution in [0.5, 0.6) is 11.5 Å². The van der Waals surface area contributed by atoms with Gasteiger partial charge in [-0.05, 0) is 24.5 Å². The molecule has 0 spiro atoms. The molecule has 0 aromatic heterocycles. The summed E-state index contributed by atoms with van der Waals surface area (Å²) in [6.07, 6.45) is 1.17. The summed E-state index contributed by atoms with van der Waals surface area (Å²) in [5.41, 5.74) is 1.59. The van der Waals surface area contributed by atoms with E-state index in [4.69, 9.17) is 5.21 Å². The van der Waals surface area contributed by atoms with E-state index in [0.717, 1.165) is 5.56 Å². The molecule has 0 aliphatic rings. The number of nitrogens with zero attached hydrogens (tertiary/aromatic N) is 1. The Morgan fingerprint density at radius 2 is 1.87 bits per heavy atom. The zero-order chi connectivity index (χ0) is 11.4. The normalized spacial score (nSPS) is 11.7. The van der Waals surface area contributed by atoms with Gasteiger partial charge < -0.3 is 15.4 Å². The average molecular weight is 209 g/mol. The Hall–Kier alpha value is -1.71. The van der Waals surface area contributed by atoms with Crippen molar-refractivity contribution in [1.82, 2.24) is 0 Å². The van der Waals surface area contributed by atoms with Crippen LogP contribution in [0, 0.1) is 0 Å². The van der Waals surface area contributed by atoms with Gasteiger partial charge in [0.25, 0.3) is 0 Å². The van der Waals surface area contributed by atoms with E-state index in [9.17, 15) is 10.2 Å². The van der Waals surface area contributed by atoms with Gasteiger partial charge in [-0.1, -0.05) is 19.0 Å². The molecule has 0 fully saturated rings. The molecule has 0 saturated heterocycles. The molecule has 4 nitrogen and oxygen atoms in total. The molecule has 0 unspecified atom stereocenters. The molecule has 0 radical (unpaired) electrons. The van der Waals surface area contributed by atoms with Gasteiger partial charge in [0.2, 0.25) is 0 Å². The summed E-state index contributed by atoms with van der Waals surface area (Å²) in [4.78, 5) is 0. The maximum Gasteiger partial charge on any atom is 0.128 e. The topological polar surface area (TPSA) is 73.1 Å². The third kappa shape index (κ3) is 2.21. The fourth-order valence-electron chi connectivity index (χ4n) is 1.45. The van der Waals surface area contributed by atoms with Gasteiger partial charge in [-0.2, -0.15) is 0 Å². The minimum atomic E-state index is -0.0700. The molecule has 0 heterocycles. The van der Waals surface area contributed by atoms with E-state index in [1.165, 1.54) is 6.07 Å². The molecule has 82 valence electrons. The predicted octanol–water partition coefficient (Wildman–Crippen LogP) is 2.25. The highest BCUT2D eigenvalue weighted by Crippen LogP contribution is 2.28. The third-order valence-electron chi connectivity index (χ3n) is 2.34. The Morgan fingerprint density at radius 3 is 2.33 bits per heavy atom. The lowest BCUT2D eigenvalue weighted by atomic mass is 10.0. The highest BCUT2D eigenvalue weighted by atomic mass is 16.4. The third-order valence-corrected chi connectivity index (χ3v) is 2.34. The number of rotatable bonds is 3. The first-order chi connectivity index (χ1) is 7.13. The van der Waals surface area contributed by atoms with E-state index in [2.05, 4.69) is 5.16 Å². The van der Waals surface area contributed by atoms with Gasteiger partial charge in [-0.25, -0.2) is 0 Å². The van der Waals surface area contributed by atoms with Crippen molar-refractivity contribution in [1.29, 1.82) is 0 Å². The van der Waals surface area contributed by atoms with Crippen LogP contribution in [-0.2, 0) is 6.42 Å². The van der Waals surface area contributed by atoms with Crippen molar-refractivity contribution in [2.24, 2.45) is 5.16 Å². The van der Waals surface area contributed by atoms with Crippen LogP contribution in [0.3, 0.4) is 0 Å². The first kappa shape index (κ1) is 11.4. The average Bonchev–Trinajstić information content (AvgIpc) is 2.22. The number of oxime groups is 1. The van der Waals surface area contributed by atoms with Crippen molar-refractivity contribution in [2.75, 3.05) is 0 Å². The fourth-order valence-corrected chi connectivity index (χ4v) is 1.45. The summed E-state index contributed by atoms with van der Waals surface area (Å²) in [5.74, 6) is -0.00788. The second-order valence-corrected chi connectivity index (χ2v) is 3.25. The first-order valence-corrected chi connectivity index (χ1v) is 4.90. The molecular weight excluding hydrogens is 194 g/mol. The van der Waals surface area contributed by atoms with E-state index in [1.54, 1.807) is 6.07 Å². The molecule has 0 saturated carbocycles. The van der Waals surface area contributed by atoms with Crippen LogP contribution in [0.2, 0.25) is 0 Å². The van der Waals surface area contributed by atoms with Gasteiger partial charge in [0.05, 0.1) is 5.71 Å². The van der Waals surface area contributed by atoms with Crippen LogP contribution in [0.1, 0.15) is 31.4 Å². The number of hydrogen-bond donors (Lipinski definition) is 3. The van der Waals surface area contributed by atoms with Crippen LogP contribution in [0.15, 0.2) is 17.3 Å². The maximum absolute atomic E-state index is 9.59. The number of benzene rings is 1. The Labute approximate surface area is 88.5 Å². The Bertz CT molecular complexity index is 386. The van der Waals surface area contributed by atoms with Crippen molar-refractivity contribution < 1.29 is 15.4 Å². The largest absolute Gasteiger partial charge is 0.508 e. The van der Waals surface area contributed by atoms with Crippen molar-refractivity contribution in [3.05, 3.63) is 23.3 Å². The number of phenolic OH excluding ortho intramolecular Hbond substituents is 2. The minimum Gasteiger partial charge on any atom is -0.508 e. The zero-order valence-corrected chi connectivity index (χ0v) is 8.86. The van der Waals surface area contributed by atoms with Crippen LogP contribution in [0.4, 0.5) is 0 Å². The van der Waals surface area contributed by atoms with Gasteiger partial charge in [-0.3, -0.25) is 0 Å². The molecular formula is C11H15NO3. The molecule has 0 aliphatic carbocycles. The molecule has 15 heavy (non-hydrogen) atoms.